The van der Waals surface area contributed by atoms with Gasteiger partial charge in [-0.15, -0.1) is 0 Å². The number of nitrogens with one attached hydrogen (secondary N) is 1. The van der Waals surface area contributed by atoms with E-state index in [9.17, 15) is 9.59 Å². The van der Waals surface area contributed by atoms with Crippen LogP contribution in [0.3, 0.4) is 0 Å². The number of benzene rings is 2. The van der Waals surface area contributed by atoms with Gasteiger partial charge >= 0.3 is 0 Å². The standard InChI is InChI=1S/C28H33N3O2/c29-18-20-3-1-4-23(15-20)21-11-13-31(14-12-21)28(33)24-5-2-6-25(17-24)30-27(32)26-16-19-7-9-22(26)10-8-19/h1-7,9,15,17,19,21-22,26H,8,10-14,16,18,29H2,(H,30,32). The van der Waals surface area contributed by atoms with Gasteiger partial charge in [0.2, 0.25) is 5.91 Å². The molecule has 1 saturated heterocycles. The Morgan fingerprint density at radius 1 is 0.970 bits per heavy atom. The van der Waals surface area contributed by atoms with E-state index in [1.807, 2.05) is 29.2 Å². The second kappa shape index (κ2) is 9.52. The second-order valence-corrected chi connectivity index (χ2v) is 9.81. The fourth-order valence-electron chi connectivity index (χ4n) is 5.77. The van der Waals surface area contributed by atoms with E-state index in [-0.39, 0.29) is 17.7 Å². The molecule has 6 rings (SSSR count). The lowest BCUT2D eigenvalue weighted by molar-refractivity contribution is -0.122. The molecule has 1 heterocycles. The van der Waals surface area contributed by atoms with E-state index in [1.165, 1.54) is 12.0 Å². The monoisotopic (exact) mass is 443 g/mol. The Morgan fingerprint density at radius 2 is 1.79 bits per heavy atom. The lowest BCUT2D eigenvalue weighted by atomic mass is 9.69. The van der Waals surface area contributed by atoms with Crippen molar-refractivity contribution in [2.45, 2.75) is 44.6 Å². The predicted molar refractivity (Wildman–Crippen MR) is 131 cm³/mol. The summed E-state index contributed by atoms with van der Waals surface area (Å²) in [6, 6.07) is 15.9. The number of hydrogen-bond donors (Lipinski definition) is 2. The number of likely N-dealkylation sites (tertiary alicyclic amines) is 1. The largest absolute Gasteiger partial charge is 0.339 e. The normalized spacial score (nSPS) is 24.6. The summed E-state index contributed by atoms with van der Waals surface area (Å²) >= 11 is 0. The van der Waals surface area contributed by atoms with Crippen LogP contribution in [-0.4, -0.2) is 29.8 Å². The van der Waals surface area contributed by atoms with E-state index in [4.69, 9.17) is 5.73 Å². The smallest absolute Gasteiger partial charge is 0.253 e. The first-order valence-corrected chi connectivity index (χ1v) is 12.3. The van der Waals surface area contributed by atoms with Crippen LogP contribution in [-0.2, 0) is 11.3 Å². The maximum Gasteiger partial charge on any atom is 0.253 e. The average Bonchev–Trinajstić information content (AvgIpc) is 2.89. The summed E-state index contributed by atoms with van der Waals surface area (Å²) in [5.41, 5.74) is 9.62. The predicted octanol–water partition coefficient (Wildman–Crippen LogP) is 4.71. The van der Waals surface area contributed by atoms with Gasteiger partial charge in [-0.3, -0.25) is 9.59 Å². The van der Waals surface area contributed by atoms with E-state index < -0.39 is 0 Å². The van der Waals surface area contributed by atoms with Crippen LogP contribution in [0.2, 0.25) is 0 Å². The van der Waals surface area contributed by atoms with Crippen LogP contribution >= 0.6 is 0 Å². The van der Waals surface area contributed by atoms with Gasteiger partial charge in [0.15, 0.2) is 0 Å². The first-order valence-electron chi connectivity index (χ1n) is 12.3. The van der Waals surface area contributed by atoms with Crippen molar-refractivity contribution in [3.05, 3.63) is 77.4 Å². The number of anilines is 1. The minimum Gasteiger partial charge on any atom is -0.339 e. The third-order valence-corrected chi connectivity index (χ3v) is 7.73. The summed E-state index contributed by atoms with van der Waals surface area (Å²) in [6.07, 6.45) is 9.64. The Kier molecular flexibility index (Phi) is 6.32. The van der Waals surface area contributed by atoms with Gasteiger partial charge < -0.3 is 16.0 Å². The quantitative estimate of drug-likeness (QED) is 0.658. The van der Waals surface area contributed by atoms with Crippen molar-refractivity contribution in [2.24, 2.45) is 23.5 Å². The molecule has 3 unspecified atom stereocenters. The molecule has 33 heavy (non-hydrogen) atoms. The zero-order valence-corrected chi connectivity index (χ0v) is 19.1. The van der Waals surface area contributed by atoms with Crippen molar-refractivity contribution in [2.75, 3.05) is 18.4 Å². The molecule has 2 amide bonds. The molecular weight excluding hydrogens is 410 g/mol. The van der Waals surface area contributed by atoms with Gasteiger partial charge in [-0.2, -0.15) is 0 Å². The van der Waals surface area contributed by atoms with Gasteiger partial charge in [-0.05, 0) is 79.2 Å². The Hall–Kier alpha value is -2.92. The van der Waals surface area contributed by atoms with Gasteiger partial charge in [0, 0.05) is 36.8 Å². The van der Waals surface area contributed by atoms with E-state index in [0.717, 1.165) is 44.3 Å². The minimum atomic E-state index is 0.0416. The van der Waals surface area contributed by atoms with Crippen molar-refractivity contribution < 1.29 is 9.59 Å². The van der Waals surface area contributed by atoms with Crippen molar-refractivity contribution in [3.63, 3.8) is 0 Å². The molecule has 3 atom stereocenters. The number of rotatable bonds is 5. The highest BCUT2D eigenvalue weighted by atomic mass is 16.2. The van der Waals surface area contributed by atoms with E-state index >= 15 is 0 Å². The Balaban J connectivity index is 1.20. The molecule has 2 fully saturated rings. The molecule has 5 heteroatoms. The maximum atomic E-state index is 13.2. The molecule has 2 aromatic rings. The summed E-state index contributed by atoms with van der Waals surface area (Å²) in [6.45, 7) is 2.03. The Labute approximate surface area is 196 Å². The number of nitrogens with two attached hydrogens (primary N) is 1. The number of fused-ring (bicyclic) bond motifs is 2. The molecule has 2 aromatic carbocycles. The van der Waals surface area contributed by atoms with Gasteiger partial charge in [0.05, 0.1) is 0 Å². The SMILES string of the molecule is NCc1cccc(C2CCN(C(=O)c3cccc(NC(=O)C4CC5C=CC4CC5)c3)CC2)c1. The number of hydrogen-bond acceptors (Lipinski definition) is 3. The van der Waals surface area contributed by atoms with Crippen LogP contribution < -0.4 is 11.1 Å². The summed E-state index contributed by atoms with van der Waals surface area (Å²) < 4.78 is 0. The lowest BCUT2D eigenvalue weighted by Gasteiger charge is -2.37. The van der Waals surface area contributed by atoms with Crippen molar-refractivity contribution in [1.29, 1.82) is 0 Å². The van der Waals surface area contributed by atoms with Gasteiger partial charge in [0.1, 0.15) is 0 Å². The second-order valence-electron chi connectivity index (χ2n) is 9.81. The first kappa shape index (κ1) is 21.9. The molecule has 0 aromatic heterocycles. The van der Waals surface area contributed by atoms with Crippen LogP contribution in [0, 0.1) is 17.8 Å². The number of carbonyl (C=O) groups is 2. The van der Waals surface area contributed by atoms with Crippen LogP contribution in [0.1, 0.15) is 59.5 Å². The lowest BCUT2D eigenvalue weighted by Crippen LogP contribution is -2.38. The number of nitrogens with zero attached hydrogens (tertiary/aromatic N) is 1. The van der Waals surface area contributed by atoms with Crippen LogP contribution in [0.25, 0.3) is 0 Å². The summed E-state index contributed by atoms with van der Waals surface area (Å²) in [5.74, 6) is 1.53. The van der Waals surface area contributed by atoms with E-state index in [2.05, 4.69) is 41.7 Å². The third kappa shape index (κ3) is 4.74. The average molecular weight is 444 g/mol. The fourth-order valence-corrected chi connectivity index (χ4v) is 5.77. The van der Waals surface area contributed by atoms with Gasteiger partial charge in [-0.1, -0.05) is 42.5 Å². The number of allylic oxidation sites excluding steroid dienone is 2. The minimum absolute atomic E-state index is 0.0416. The molecule has 5 nitrogen and oxygen atoms in total. The van der Waals surface area contributed by atoms with Crippen LogP contribution in [0.4, 0.5) is 5.69 Å². The number of amides is 2. The van der Waals surface area contributed by atoms with E-state index in [1.54, 1.807) is 0 Å². The van der Waals surface area contributed by atoms with Crippen molar-refractivity contribution in [1.82, 2.24) is 4.90 Å². The fraction of sp³-hybridized carbons (Fsp3) is 0.429. The zero-order valence-electron chi connectivity index (χ0n) is 19.1. The van der Waals surface area contributed by atoms with Crippen LogP contribution in [0.15, 0.2) is 60.7 Å². The molecule has 4 aliphatic rings. The Morgan fingerprint density at radius 3 is 2.48 bits per heavy atom. The maximum absolute atomic E-state index is 13.2. The highest BCUT2D eigenvalue weighted by Crippen LogP contribution is 2.40. The molecule has 1 aliphatic heterocycles. The molecule has 0 spiro atoms. The van der Waals surface area contributed by atoms with Crippen LogP contribution in [0.5, 0.6) is 0 Å². The Bertz CT molecular complexity index is 1050. The number of carbonyl (C=O) groups excluding carboxylic acids is 2. The summed E-state index contributed by atoms with van der Waals surface area (Å²) in [7, 11) is 0. The molecule has 3 aliphatic carbocycles. The highest BCUT2D eigenvalue weighted by molar-refractivity contribution is 5.98. The topological polar surface area (TPSA) is 75.4 Å². The first-order chi connectivity index (χ1) is 16.1. The molecule has 0 radical (unpaired) electrons. The zero-order chi connectivity index (χ0) is 22.8. The third-order valence-electron chi connectivity index (χ3n) is 7.73. The van der Waals surface area contributed by atoms with Crippen molar-refractivity contribution >= 4 is 17.5 Å². The van der Waals surface area contributed by atoms with Gasteiger partial charge in [-0.25, -0.2) is 0 Å². The van der Waals surface area contributed by atoms with E-state index in [0.29, 0.717) is 35.5 Å². The molecule has 2 bridgehead atoms. The summed E-state index contributed by atoms with van der Waals surface area (Å²) in [4.78, 5) is 28.0. The molecule has 172 valence electrons. The van der Waals surface area contributed by atoms with Gasteiger partial charge in [0.25, 0.3) is 5.91 Å². The molecule has 1 saturated carbocycles. The number of piperidine rings is 1. The molecule has 3 N–H and O–H groups in total. The highest BCUT2D eigenvalue weighted by Gasteiger charge is 2.36. The molecular formula is C28H33N3O2. The summed E-state index contributed by atoms with van der Waals surface area (Å²) in [5, 5.41) is 3.08. The van der Waals surface area contributed by atoms with Crippen molar-refractivity contribution in [3.8, 4) is 0 Å².